The van der Waals surface area contributed by atoms with Gasteiger partial charge in [0.05, 0.1) is 0 Å². The summed E-state index contributed by atoms with van der Waals surface area (Å²) in [6, 6.07) is 45.5. The SMILES string of the molecule is C=Cc1ccccc1C(=C)c1c(C=C)c(C=C)c(-c2ccc3ccc(-c4ccc5ccccc5c4)cc3c2)c2ccccc12. The summed E-state index contributed by atoms with van der Waals surface area (Å²) in [6.07, 6.45) is 5.80. The van der Waals surface area contributed by atoms with Gasteiger partial charge < -0.3 is 0 Å². The van der Waals surface area contributed by atoms with Gasteiger partial charge in [0.15, 0.2) is 0 Å². The molecule has 0 aliphatic rings. The molecule has 208 valence electrons. The molecule has 0 aliphatic carbocycles. The van der Waals surface area contributed by atoms with Crippen molar-refractivity contribution in [1.82, 2.24) is 0 Å². The summed E-state index contributed by atoms with van der Waals surface area (Å²) in [5.74, 6) is 0. The summed E-state index contributed by atoms with van der Waals surface area (Å²) < 4.78 is 0. The summed E-state index contributed by atoms with van der Waals surface area (Å²) in [6.45, 7) is 17.2. The Kier molecular flexibility index (Phi) is 6.89. The maximum Gasteiger partial charge on any atom is -0.00263 e. The average Bonchev–Trinajstić information content (AvgIpc) is 3.09. The molecule has 0 bridgehead atoms. The Hall–Kier alpha value is -5.72. The van der Waals surface area contributed by atoms with E-state index in [0.717, 1.165) is 55.3 Å². The lowest BCUT2D eigenvalue weighted by Crippen LogP contribution is -2.00. The molecule has 0 unspecified atom stereocenters. The summed E-state index contributed by atoms with van der Waals surface area (Å²) >= 11 is 0. The largest absolute Gasteiger partial charge is 0.0984 e. The minimum absolute atomic E-state index is 0.944. The van der Waals surface area contributed by atoms with Crippen LogP contribution in [0.4, 0.5) is 0 Å². The van der Waals surface area contributed by atoms with Gasteiger partial charge in [0.1, 0.15) is 0 Å². The fourth-order valence-corrected chi connectivity index (χ4v) is 6.57. The number of hydrogen-bond acceptors (Lipinski definition) is 0. The van der Waals surface area contributed by atoms with Gasteiger partial charge in [-0.1, -0.05) is 154 Å². The minimum atomic E-state index is 0.944. The molecule has 0 saturated heterocycles. The Morgan fingerprint density at radius 1 is 0.455 bits per heavy atom. The van der Waals surface area contributed by atoms with Gasteiger partial charge in [0.2, 0.25) is 0 Å². The van der Waals surface area contributed by atoms with Gasteiger partial charge in [-0.2, -0.15) is 0 Å². The first-order valence-electron chi connectivity index (χ1n) is 14.9. The van der Waals surface area contributed by atoms with E-state index in [4.69, 9.17) is 0 Å². The van der Waals surface area contributed by atoms with E-state index >= 15 is 0 Å². The van der Waals surface area contributed by atoms with Crippen molar-refractivity contribution >= 4 is 56.1 Å². The zero-order chi connectivity index (χ0) is 30.2. The summed E-state index contributed by atoms with van der Waals surface area (Å²) in [4.78, 5) is 0. The second kappa shape index (κ2) is 11.2. The fraction of sp³-hybridized carbons (Fsp3) is 0. The van der Waals surface area contributed by atoms with Crippen LogP contribution < -0.4 is 0 Å². The van der Waals surface area contributed by atoms with Crippen LogP contribution >= 0.6 is 0 Å². The molecule has 0 heteroatoms. The average molecular weight is 561 g/mol. The van der Waals surface area contributed by atoms with Gasteiger partial charge in [0, 0.05) is 0 Å². The van der Waals surface area contributed by atoms with Crippen molar-refractivity contribution < 1.29 is 0 Å². The molecule has 0 fully saturated rings. The number of fused-ring (bicyclic) bond motifs is 3. The molecule has 0 aromatic heterocycles. The lowest BCUT2D eigenvalue weighted by Gasteiger charge is -2.22. The smallest absolute Gasteiger partial charge is 0.00263 e. The quantitative estimate of drug-likeness (QED) is 0.182. The summed E-state index contributed by atoms with van der Waals surface area (Å²) in [5, 5.41) is 7.19. The Labute approximate surface area is 259 Å². The van der Waals surface area contributed by atoms with E-state index in [1.807, 2.05) is 30.4 Å². The van der Waals surface area contributed by atoms with Crippen LogP contribution in [0.2, 0.25) is 0 Å². The van der Waals surface area contributed by atoms with Gasteiger partial charge in [-0.15, -0.1) is 0 Å². The second-order valence-corrected chi connectivity index (χ2v) is 11.1. The maximum atomic E-state index is 4.61. The molecule has 7 rings (SSSR count). The number of hydrogen-bond donors (Lipinski definition) is 0. The van der Waals surface area contributed by atoms with E-state index < -0.39 is 0 Å². The molecule has 44 heavy (non-hydrogen) atoms. The molecule has 0 spiro atoms. The third-order valence-electron chi connectivity index (χ3n) is 8.72. The molecule has 0 amide bonds. The molecule has 0 atom stereocenters. The lowest BCUT2D eigenvalue weighted by molar-refractivity contribution is 1.53. The monoisotopic (exact) mass is 560 g/mol. The van der Waals surface area contributed by atoms with Crippen LogP contribution in [0.5, 0.6) is 0 Å². The predicted molar refractivity (Wildman–Crippen MR) is 195 cm³/mol. The van der Waals surface area contributed by atoms with E-state index in [1.165, 1.54) is 32.7 Å². The molecule has 0 radical (unpaired) electrons. The highest BCUT2D eigenvalue weighted by molar-refractivity contribution is 6.11. The zero-order valence-electron chi connectivity index (χ0n) is 24.7. The fourth-order valence-electron chi connectivity index (χ4n) is 6.57. The van der Waals surface area contributed by atoms with Crippen LogP contribution in [0.3, 0.4) is 0 Å². The highest BCUT2D eigenvalue weighted by atomic mass is 14.2. The number of rotatable bonds is 7. The Bertz CT molecular complexity index is 2290. The van der Waals surface area contributed by atoms with Crippen molar-refractivity contribution in [2.75, 3.05) is 0 Å². The third-order valence-corrected chi connectivity index (χ3v) is 8.72. The van der Waals surface area contributed by atoms with Gasteiger partial charge in [-0.25, -0.2) is 0 Å². The van der Waals surface area contributed by atoms with Crippen LogP contribution in [0.15, 0.2) is 154 Å². The van der Waals surface area contributed by atoms with Gasteiger partial charge in [-0.3, -0.25) is 0 Å². The van der Waals surface area contributed by atoms with Crippen LogP contribution in [-0.2, 0) is 0 Å². The highest BCUT2D eigenvalue weighted by Gasteiger charge is 2.20. The maximum absolute atomic E-state index is 4.61. The van der Waals surface area contributed by atoms with Gasteiger partial charge in [-0.05, 0) is 106 Å². The predicted octanol–water partition coefficient (Wildman–Crippen LogP) is 12.5. The second-order valence-electron chi connectivity index (χ2n) is 11.1. The molecule has 7 aromatic rings. The molecule has 0 N–H and O–H groups in total. The standard InChI is InChI=1S/C44H32/c1-5-30-14-10-11-17-40(30)29(4)43-38(6-2)39(7-3)44(42-19-13-12-18-41(42)43)36-25-22-32-21-24-35(27-37(32)28-36)34-23-20-31-15-8-9-16-33(31)26-34/h5-28H,1-4H2. The molecule has 0 aliphatic heterocycles. The summed E-state index contributed by atoms with van der Waals surface area (Å²) in [5.41, 5.74) is 10.9. The Morgan fingerprint density at radius 2 is 1.00 bits per heavy atom. The Morgan fingerprint density at radius 3 is 1.70 bits per heavy atom. The van der Waals surface area contributed by atoms with Crippen molar-refractivity contribution in [3.05, 3.63) is 182 Å². The van der Waals surface area contributed by atoms with E-state index in [0.29, 0.717) is 0 Å². The summed E-state index contributed by atoms with van der Waals surface area (Å²) in [7, 11) is 0. The van der Waals surface area contributed by atoms with E-state index in [-0.39, 0.29) is 0 Å². The topological polar surface area (TPSA) is 0 Å². The molecule has 0 saturated carbocycles. The first-order valence-corrected chi connectivity index (χ1v) is 14.9. The minimum Gasteiger partial charge on any atom is -0.0984 e. The Balaban J connectivity index is 1.44. The molecule has 0 heterocycles. The van der Waals surface area contributed by atoms with Crippen LogP contribution in [-0.4, -0.2) is 0 Å². The number of benzene rings is 7. The van der Waals surface area contributed by atoms with Crippen LogP contribution in [0.1, 0.15) is 27.8 Å². The molecular formula is C44H32. The van der Waals surface area contributed by atoms with Crippen molar-refractivity contribution in [2.45, 2.75) is 0 Å². The molecule has 0 nitrogen and oxygen atoms in total. The third kappa shape index (κ3) is 4.49. The van der Waals surface area contributed by atoms with E-state index in [2.05, 4.69) is 142 Å². The first-order chi connectivity index (χ1) is 21.6. The van der Waals surface area contributed by atoms with Crippen LogP contribution in [0.25, 0.3) is 78.4 Å². The normalized spacial score (nSPS) is 11.1. The van der Waals surface area contributed by atoms with E-state index in [9.17, 15) is 0 Å². The van der Waals surface area contributed by atoms with Crippen molar-refractivity contribution in [1.29, 1.82) is 0 Å². The van der Waals surface area contributed by atoms with Crippen molar-refractivity contribution in [3.8, 4) is 22.3 Å². The van der Waals surface area contributed by atoms with Crippen molar-refractivity contribution in [2.24, 2.45) is 0 Å². The lowest BCUT2D eigenvalue weighted by atomic mass is 9.81. The first kappa shape index (κ1) is 27.1. The van der Waals surface area contributed by atoms with Crippen LogP contribution in [0, 0.1) is 0 Å². The molecular weight excluding hydrogens is 528 g/mol. The molecule has 7 aromatic carbocycles. The van der Waals surface area contributed by atoms with Crippen molar-refractivity contribution in [3.63, 3.8) is 0 Å². The van der Waals surface area contributed by atoms with Gasteiger partial charge >= 0.3 is 0 Å². The van der Waals surface area contributed by atoms with E-state index in [1.54, 1.807) is 0 Å². The highest BCUT2D eigenvalue weighted by Crippen LogP contribution is 2.43. The van der Waals surface area contributed by atoms with Gasteiger partial charge in [0.25, 0.3) is 0 Å². The zero-order valence-corrected chi connectivity index (χ0v) is 24.7.